The van der Waals surface area contributed by atoms with Gasteiger partial charge in [0.05, 0.1) is 12.7 Å². The lowest BCUT2D eigenvalue weighted by atomic mass is 9.74. The Morgan fingerprint density at radius 1 is 1.21 bits per heavy atom. The summed E-state index contributed by atoms with van der Waals surface area (Å²) in [5.74, 6) is 1.66. The zero-order valence-electron chi connectivity index (χ0n) is 9.11. The molecule has 2 nitrogen and oxygen atoms in total. The number of hydrogen-bond acceptors (Lipinski definition) is 2. The van der Waals surface area contributed by atoms with Gasteiger partial charge in [-0.3, -0.25) is 0 Å². The molecule has 1 aliphatic heterocycles. The van der Waals surface area contributed by atoms with Crippen LogP contribution in [0.15, 0.2) is 0 Å². The highest BCUT2D eigenvalue weighted by Crippen LogP contribution is 2.36. The first-order chi connectivity index (χ1) is 6.79. The minimum atomic E-state index is -0.104. The molecule has 4 unspecified atom stereocenters. The molecule has 1 N–H and O–H groups in total. The summed E-state index contributed by atoms with van der Waals surface area (Å²) < 4.78 is 5.34. The van der Waals surface area contributed by atoms with E-state index in [0.717, 1.165) is 19.6 Å². The van der Waals surface area contributed by atoms with E-state index in [1.54, 1.807) is 0 Å². The van der Waals surface area contributed by atoms with Crippen LogP contribution in [0.25, 0.3) is 0 Å². The summed E-state index contributed by atoms with van der Waals surface area (Å²) in [6.07, 6.45) is 6.14. The third-order valence-electron chi connectivity index (χ3n) is 4.06. The van der Waals surface area contributed by atoms with Crippen molar-refractivity contribution in [1.82, 2.24) is 0 Å². The monoisotopic (exact) mass is 198 g/mol. The lowest BCUT2D eigenvalue weighted by Gasteiger charge is -2.34. The smallest absolute Gasteiger partial charge is 0.0621 e. The van der Waals surface area contributed by atoms with Gasteiger partial charge in [-0.05, 0) is 24.7 Å². The van der Waals surface area contributed by atoms with Crippen molar-refractivity contribution in [2.45, 2.75) is 45.1 Å². The third kappa shape index (κ3) is 2.12. The SMILES string of the molecule is CC1CCCCC1C(O)C1CCOC1. The number of hydrogen-bond donors (Lipinski definition) is 1. The van der Waals surface area contributed by atoms with Crippen LogP contribution in [0.2, 0.25) is 0 Å². The molecule has 82 valence electrons. The first kappa shape index (κ1) is 10.4. The van der Waals surface area contributed by atoms with Crippen LogP contribution in [-0.4, -0.2) is 24.4 Å². The van der Waals surface area contributed by atoms with E-state index in [4.69, 9.17) is 4.74 Å². The van der Waals surface area contributed by atoms with Crippen molar-refractivity contribution in [3.8, 4) is 0 Å². The van der Waals surface area contributed by atoms with E-state index in [0.29, 0.717) is 17.8 Å². The predicted molar refractivity (Wildman–Crippen MR) is 56.1 cm³/mol. The van der Waals surface area contributed by atoms with Crippen LogP contribution in [0.4, 0.5) is 0 Å². The van der Waals surface area contributed by atoms with E-state index < -0.39 is 0 Å². The number of aliphatic hydroxyl groups is 1. The van der Waals surface area contributed by atoms with E-state index in [-0.39, 0.29) is 6.10 Å². The van der Waals surface area contributed by atoms with Gasteiger partial charge in [-0.25, -0.2) is 0 Å². The maximum Gasteiger partial charge on any atom is 0.0621 e. The molecule has 2 aliphatic rings. The minimum absolute atomic E-state index is 0.104. The summed E-state index contributed by atoms with van der Waals surface area (Å²) in [4.78, 5) is 0. The summed E-state index contributed by atoms with van der Waals surface area (Å²) in [6.45, 7) is 3.93. The molecule has 14 heavy (non-hydrogen) atoms. The zero-order chi connectivity index (χ0) is 9.97. The van der Waals surface area contributed by atoms with Crippen LogP contribution >= 0.6 is 0 Å². The normalized spacial score (nSPS) is 41.1. The predicted octanol–water partition coefficient (Wildman–Crippen LogP) is 2.21. The zero-order valence-corrected chi connectivity index (χ0v) is 9.11. The maximum atomic E-state index is 10.3. The summed E-state index contributed by atoms with van der Waals surface area (Å²) in [6, 6.07) is 0. The number of rotatable bonds is 2. The fourth-order valence-corrected chi connectivity index (χ4v) is 3.02. The molecular weight excluding hydrogens is 176 g/mol. The first-order valence-corrected chi connectivity index (χ1v) is 6.05. The van der Waals surface area contributed by atoms with E-state index in [9.17, 15) is 5.11 Å². The van der Waals surface area contributed by atoms with Crippen molar-refractivity contribution in [2.75, 3.05) is 13.2 Å². The Bertz CT molecular complexity index is 175. The van der Waals surface area contributed by atoms with Gasteiger partial charge in [0.2, 0.25) is 0 Å². The minimum Gasteiger partial charge on any atom is -0.392 e. The van der Waals surface area contributed by atoms with Gasteiger partial charge in [0, 0.05) is 12.5 Å². The first-order valence-electron chi connectivity index (χ1n) is 6.05. The summed E-state index contributed by atoms with van der Waals surface area (Å²) in [7, 11) is 0. The molecule has 0 spiro atoms. The second kappa shape index (κ2) is 4.63. The summed E-state index contributed by atoms with van der Waals surface area (Å²) in [5, 5.41) is 10.3. The lowest BCUT2D eigenvalue weighted by Crippen LogP contribution is -2.35. The molecule has 0 amide bonds. The Morgan fingerprint density at radius 2 is 2.00 bits per heavy atom. The van der Waals surface area contributed by atoms with Crippen molar-refractivity contribution in [2.24, 2.45) is 17.8 Å². The van der Waals surface area contributed by atoms with Crippen LogP contribution in [0, 0.1) is 17.8 Å². The molecule has 1 saturated heterocycles. The molecule has 1 heterocycles. The number of ether oxygens (including phenoxy) is 1. The fraction of sp³-hybridized carbons (Fsp3) is 1.00. The second-order valence-electron chi connectivity index (χ2n) is 5.04. The van der Waals surface area contributed by atoms with Gasteiger partial charge in [-0.1, -0.05) is 26.2 Å². The fourth-order valence-electron chi connectivity index (χ4n) is 3.02. The van der Waals surface area contributed by atoms with E-state index in [1.165, 1.54) is 25.7 Å². The largest absolute Gasteiger partial charge is 0.392 e. The topological polar surface area (TPSA) is 29.5 Å². The van der Waals surface area contributed by atoms with Gasteiger partial charge in [0.15, 0.2) is 0 Å². The van der Waals surface area contributed by atoms with E-state index >= 15 is 0 Å². The maximum absolute atomic E-state index is 10.3. The Morgan fingerprint density at radius 3 is 2.64 bits per heavy atom. The number of aliphatic hydroxyl groups excluding tert-OH is 1. The molecule has 2 fully saturated rings. The van der Waals surface area contributed by atoms with Crippen LogP contribution in [0.1, 0.15) is 39.0 Å². The molecule has 0 radical (unpaired) electrons. The van der Waals surface area contributed by atoms with E-state index in [1.807, 2.05) is 0 Å². The highest BCUT2D eigenvalue weighted by Gasteiger charge is 2.34. The van der Waals surface area contributed by atoms with Gasteiger partial charge >= 0.3 is 0 Å². The summed E-state index contributed by atoms with van der Waals surface area (Å²) in [5.41, 5.74) is 0. The standard InChI is InChI=1S/C12H22O2/c1-9-4-2-3-5-11(9)12(13)10-6-7-14-8-10/h9-13H,2-8H2,1H3. The van der Waals surface area contributed by atoms with Crippen LogP contribution in [0.3, 0.4) is 0 Å². The van der Waals surface area contributed by atoms with E-state index in [2.05, 4.69) is 6.92 Å². The molecule has 2 rings (SSSR count). The Balaban J connectivity index is 1.91. The molecule has 0 bridgehead atoms. The van der Waals surface area contributed by atoms with Gasteiger partial charge in [-0.2, -0.15) is 0 Å². The van der Waals surface area contributed by atoms with Crippen LogP contribution in [0.5, 0.6) is 0 Å². The van der Waals surface area contributed by atoms with Gasteiger partial charge in [0.25, 0.3) is 0 Å². The van der Waals surface area contributed by atoms with Crippen LogP contribution < -0.4 is 0 Å². The molecule has 2 heteroatoms. The van der Waals surface area contributed by atoms with Gasteiger partial charge in [-0.15, -0.1) is 0 Å². The molecule has 0 aromatic heterocycles. The average Bonchev–Trinajstić information content (AvgIpc) is 2.70. The second-order valence-corrected chi connectivity index (χ2v) is 5.04. The summed E-state index contributed by atoms with van der Waals surface area (Å²) >= 11 is 0. The van der Waals surface area contributed by atoms with Gasteiger partial charge in [0.1, 0.15) is 0 Å². The highest BCUT2D eigenvalue weighted by atomic mass is 16.5. The quantitative estimate of drug-likeness (QED) is 0.737. The Kier molecular flexibility index (Phi) is 3.45. The molecule has 0 aromatic carbocycles. The lowest BCUT2D eigenvalue weighted by molar-refractivity contribution is 0.00564. The van der Waals surface area contributed by atoms with Crippen molar-refractivity contribution in [3.63, 3.8) is 0 Å². The highest BCUT2D eigenvalue weighted by molar-refractivity contribution is 4.84. The molecule has 4 atom stereocenters. The molecule has 0 aromatic rings. The van der Waals surface area contributed by atoms with Crippen molar-refractivity contribution >= 4 is 0 Å². The Hall–Kier alpha value is -0.0800. The molecule has 1 saturated carbocycles. The van der Waals surface area contributed by atoms with Crippen molar-refractivity contribution in [3.05, 3.63) is 0 Å². The third-order valence-corrected chi connectivity index (χ3v) is 4.06. The van der Waals surface area contributed by atoms with Gasteiger partial charge < -0.3 is 9.84 Å². The van der Waals surface area contributed by atoms with Crippen LogP contribution in [-0.2, 0) is 4.74 Å². The van der Waals surface area contributed by atoms with Crippen molar-refractivity contribution < 1.29 is 9.84 Å². The molecular formula is C12H22O2. The van der Waals surface area contributed by atoms with Crippen molar-refractivity contribution in [1.29, 1.82) is 0 Å². The average molecular weight is 198 g/mol. The molecule has 1 aliphatic carbocycles. The Labute approximate surface area is 86.6 Å².